The highest BCUT2D eigenvalue weighted by Gasteiger charge is 2.51. The number of halogens is 3. The average Bonchev–Trinajstić information content (AvgIpc) is 2.51. The first-order chi connectivity index (χ1) is 11.7. The van der Waals surface area contributed by atoms with Crippen molar-refractivity contribution in [3.8, 4) is 0 Å². The topological polar surface area (TPSA) is 46.2 Å². The van der Waals surface area contributed by atoms with Gasteiger partial charge in [-0.1, -0.05) is 12.1 Å². The number of hydrogen-bond donors (Lipinski definition) is 1. The zero-order chi connectivity index (χ0) is 17.9. The van der Waals surface area contributed by atoms with Crippen LogP contribution >= 0.6 is 0 Å². The van der Waals surface area contributed by atoms with E-state index in [1.165, 1.54) is 31.4 Å². The molecule has 138 valence electrons. The predicted octanol–water partition coefficient (Wildman–Crippen LogP) is 4.20. The van der Waals surface area contributed by atoms with Crippen LogP contribution in [-0.2, 0) is 16.2 Å². The van der Waals surface area contributed by atoms with E-state index in [1.807, 2.05) is 0 Å². The maximum atomic E-state index is 13.1. The fraction of sp³-hybridized carbons (Fsp3) is 0.667. The largest absolute Gasteiger partial charge is 0.417 e. The van der Waals surface area contributed by atoms with Crippen LogP contribution < -0.4 is 4.72 Å². The van der Waals surface area contributed by atoms with Crippen molar-refractivity contribution in [1.82, 2.24) is 4.72 Å². The molecule has 4 aliphatic carbocycles. The fourth-order valence-corrected chi connectivity index (χ4v) is 7.15. The molecule has 1 aromatic rings. The number of benzene rings is 1. The normalized spacial score (nSPS) is 34.4. The Kier molecular flexibility index (Phi) is 3.96. The van der Waals surface area contributed by atoms with Gasteiger partial charge in [0, 0.05) is 6.54 Å². The molecule has 0 heterocycles. The first-order valence-corrected chi connectivity index (χ1v) is 10.3. The Hall–Kier alpha value is -1.08. The molecule has 4 saturated carbocycles. The third-order valence-electron chi connectivity index (χ3n) is 6.28. The van der Waals surface area contributed by atoms with Crippen LogP contribution in [0, 0.1) is 23.2 Å². The Bertz CT molecular complexity index is 737. The Morgan fingerprint density at radius 2 is 1.52 bits per heavy atom. The smallest absolute Gasteiger partial charge is 0.211 e. The average molecular weight is 373 g/mol. The van der Waals surface area contributed by atoms with Crippen molar-refractivity contribution in [2.24, 2.45) is 23.2 Å². The summed E-state index contributed by atoms with van der Waals surface area (Å²) in [4.78, 5) is -0.674. The highest BCUT2D eigenvalue weighted by atomic mass is 32.2. The molecule has 25 heavy (non-hydrogen) atoms. The molecule has 0 atom stereocenters. The van der Waals surface area contributed by atoms with Crippen molar-refractivity contribution in [2.45, 2.75) is 49.6 Å². The minimum atomic E-state index is -4.69. The molecule has 1 aromatic carbocycles. The van der Waals surface area contributed by atoms with Crippen LogP contribution in [0.5, 0.6) is 0 Å². The molecule has 4 bridgehead atoms. The Balaban J connectivity index is 1.55. The minimum Gasteiger partial charge on any atom is -0.211 e. The third-order valence-corrected chi connectivity index (χ3v) is 7.74. The van der Waals surface area contributed by atoms with E-state index in [9.17, 15) is 21.6 Å². The van der Waals surface area contributed by atoms with Crippen molar-refractivity contribution >= 4 is 10.0 Å². The van der Waals surface area contributed by atoms with Gasteiger partial charge in [-0.05, 0) is 73.8 Å². The molecular formula is C18H22F3NO2S. The summed E-state index contributed by atoms with van der Waals surface area (Å²) < 4.78 is 67.1. The summed E-state index contributed by atoms with van der Waals surface area (Å²) in [5.74, 6) is 2.00. The second kappa shape index (κ2) is 5.71. The molecule has 4 aliphatic rings. The molecule has 0 unspecified atom stereocenters. The van der Waals surface area contributed by atoms with Crippen LogP contribution in [0.4, 0.5) is 13.2 Å². The van der Waals surface area contributed by atoms with Gasteiger partial charge < -0.3 is 0 Å². The molecule has 0 radical (unpaired) electrons. The van der Waals surface area contributed by atoms with E-state index in [1.54, 1.807) is 0 Å². The lowest BCUT2D eigenvalue weighted by Crippen LogP contribution is -2.51. The number of nitrogens with one attached hydrogen (secondary N) is 1. The van der Waals surface area contributed by atoms with E-state index in [4.69, 9.17) is 0 Å². The van der Waals surface area contributed by atoms with E-state index < -0.39 is 26.7 Å². The molecule has 4 fully saturated rings. The fourth-order valence-electron chi connectivity index (χ4n) is 5.77. The zero-order valence-electron chi connectivity index (χ0n) is 13.8. The molecule has 0 aliphatic heterocycles. The molecule has 7 heteroatoms. The van der Waals surface area contributed by atoms with Gasteiger partial charge in [-0.3, -0.25) is 0 Å². The van der Waals surface area contributed by atoms with E-state index in [2.05, 4.69) is 4.72 Å². The van der Waals surface area contributed by atoms with E-state index >= 15 is 0 Å². The predicted molar refractivity (Wildman–Crippen MR) is 87.2 cm³/mol. The van der Waals surface area contributed by atoms with Crippen molar-refractivity contribution in [3.05, 3.63) is 29.8 Å². The van der Waals surface area contributed by atoms with Gasteiger partial charge >= 0.3 is 6.18 Å². The van der Waals surface area contributed by atoms with Gasteiger partial charge in [-0.2, -0.15) is 13.2 Å². The molecule has 1 N–H and O–H groups in total. The summed E-state index contributed by atoms with van der Waals surface area (Å²) in [6, 6.07) is 4.39. The number of rotatable bonds is 4. The van der Waals surface area contributed by atoms with Gasteiger partial charge in [0.1, 0.15) is 0 Å². The van der Waals surface area contributed by atoms with Crippen LogP contribution in [0.1, 0.15) is 44.1 Å². The lowest BCUT2D eigenvalue weighted by molar-refractivity contribution is -0.139. The van der Waals surface area contributed by atoms with Crippen molar-refractivity contribution < 1.29 is 21.6 Å². The summed E-state index contributed by atoms with van der Waals surface area (Å²) >= 11 is 0. The van der Waals surface area contributed by atoms with Gasteiger partial charge in [0.15, 0.2) is 0 Å². The molecule has 5 rings (SSSR count). The van der Waals surface area contributed by atoms with Gasteiger partial charge in [0.2, 0.25) is 10.0 Å². The van der Waals surface area contributed by atoms with Crippen LogP contribution in [-0.4, -0.2) is 15.0 Å². The van der Waals surface area contributed by atoms with Crippen LogP contribution in [0.2, 0.25) is 0 Å². The number of alkyl halides is 3. The number of hydrogen-bond acceptors (Lipinski definition) is 2. The van der Waals surface area contributed by atoms with Gasteiger partial charge in [0.25, 0.3) is 0 Å². The molecule has 3 nitrogen and oxygen atoms in total. The summed E-state index contributed by atoms with van der Waals surface area (Å²) in [6.07, 6.45) is 2.04. The molecular weight excluding hydrogens is 351 g/mol. The van der Waals surface area contributed by atoms with Crippen LogP contribution in [0.3, 0.4) is 0 Å². The minimum absolute atomic E-state index is 0.0605. The van der Waals surface area contributed by atoms with Gasteiger partial charge in [0.05, 0.1) is 10.5 Å². The Morgan fingerprint density at radius 1 is 1.00 bits per heavy atom. The summed E-state index contributed by atoms with van der Waals surface area (Å²) in [7, 11) is -4.19. The lowest BCUT2D eigenvalue weighted by atomic mass is 9.50. The summed E-state index contributed by atoms with van der Waals surface area (Å²) in [5, 5.41) is 0. The van der Waals surface area contributed by atoms with Crippen molar-refractivity contribution in [3.63, 3.8) is 0 Å². The van der Waals surface area contributed by atoms with E-state index in [0.717, 1.165) is 31.4 Å². The van der Waals surface area contributed by atoms with Crippen molar-refractivity contribution in [1.29, 1.82) is 0 Å². The van der Waals surface area contributed by atoms with E-state index in [0.29, 0.717) is 17.8 Å². The zero-order valence-corrected chi connectivity index (χ0v) is 14.7. The molecule has 0 aromatic heterocycles. The first kappa shape index (κ1) is 17.3. The summed E-state index contributed by atoms with van der Waals surface area (Å²) in [6.45, 7) is 0.255. The van der Waals surface area contributed by atoms with E-state index in [-0.39, 0.29) is 12.0 Å². The van der Waals surface area contributed by atoms with Crippen LogP contribution in [0.25, 0.3) is 0 Å². The molecule has 0 saturated heterocycles. The Labute approximate surface area is 146 Å². The first-order valence-electron chi connectivity index (χ1n) is 8.83. The molecule has 0 amide bonds. The highest BCUT2D eigenvalue weighted by molar-refractivity contribution is 7.89. The second-order valence-electron chi connectivity index (χ2n) is 8.24. The lowest BCUT2D eigenvalue weighted by Gasteiger charge is -2.56. The van der Waals surface area contributed by atoms with Gasteiger partial charge in [-0.25, -0.2) is 13.1 Å². The highest BCUT2D eigenvalue weighted by Crippen LogP contribution is 2.59. The molecule has 0 spiro atoms. The van der Waals surface area contributed by atoms with Gasteiger partial charge in [-0.15, -0.1) is 0 Å². The summed E-state index contributed by atoms with van der Waals surface area (Å²) in [5.41, 5.74) is -1.16. The maximum absolute atomic E-state index is 13.1. The van der Waals surface area contributed by atoms with Crippen molar-refractivity contribution in [2.75, 3.05) is 6.54 Å². The number of sulfonamides is 1. The SMILES string of the molecule is O=S(=O)(NCC12CC3CC(CC(C3)C1)C2)c1ccccc1C(F)(F)F. The van der Waals surface area contributed by atoms with Crippen LogP contribution in [0.15, 0.2) is 29.2 Å². The third kappa shape index (κ3) is 3.21. The maximum Gasteiger partial charge on any atom is 0.417 e. The standard InChI is InChI=1S/C18H22F3NO2S/c19-18(20,21)15-3-1-2-4-16(15)25(23,24)22-11-17-8-12-5-13(9-17)7-14(6-12)10-17/h1-4,12-14,22H,5-11H2. The second-order valence-corrected chi connectivity index (χ2v) is 9.97. The monoisotopic (exact) mass is 373 g/mol. The quantitative estimate of drug-likeness (QED) is 0.860. The Morgan fingerprint density at radius 3 is 2.04 bits per heavy atom.